The van der Waals surface area contributed by atoms with Crippen LogP contribution in [0.4, 0.5) is 11.6 Å². The molecule has 0 spiro atoms. The number of nitrogens with one attached hydrogen (secondary N) is 2. The van der Waals surface area contributed by atoms with E-state index in [4.69, 9.17) is 4.98 Å². The first-order valence-corrected chi connectivity index (χ1v) is 10.8. The zero-order valence-electron chi connectivity index (χ0n) is 17.0. The van der Waals surface area contributed by atoms with E-state index in [1.54, 1.807) is 11.0 Å². The monoisotopic (exact) mass is 405 g/mol. The summed E-state index contributed by atoms with van der Waals surface area (Å²) in [7, 11) is 0. The molecular formula is C21H27N9. The summed E-state index contributed by atoms with van der Waals surface area (Å²) in [6.45, 7) is 3.76. The van der Waals surface area contributed by atoms with Crippen LogP contribution in [0.25, 0.3) is 16.9 Å². The Bertz CT molecular complexity index is 960. The number of tetrazole rings is 1. The molecule has 3 aromatic heterocycles. The number of hydrogen-bond acceptors (Lipinski definition) is 8. The molecule has 1 saturated heterocycles. The minimum atomic E-state index is 0.512. The van der Waals surface area contributed by atoms with Crippen LogP contribution in [-0.4, -0.2) is 62.4 Å². The molecule has 3 aromatic rings. The summed E-state index contributed by atoms with van der Waals surface area (Å²) in [6, 6.07) is 8.70. The van der Waals surface area contributed by atoms with Crippen LogP contribution in [0.5, 0.6) is 0 Å². The maximum absolute atomic E-state index is 4.99. The lowest BCUT2D eigenvalue weighted by Crippen LogP contribution is -2.44. The maximum atomic E-state index is 4.99. The van der Waals surface area contributed by atoms with Gasteiger partial charge in [0.15, 0.2) is 0 Å². The first kappa shape index (κ1) is 18.9. The van der Waals surface area contributed by atoms with Crippen molar-refractivity contribution in [1.29, 1.82) is 0 Å². The Balaban J connectivity index is 1.48. The van der Waals surface area contributed by atoms with E-state index in [1.807, 2.05) is 24.4 Å². The van der Waals surface area contributed by atoms with Crippen LogP contribution in [0, 0.1) is 0 Å². The third kappa shape index (κ3) is 4.25. The van der Waals surface area contributed by atoms with Gasteiger partial charge in [0.25, 0.3) is 0 Å². The quantitative estimate of drug-likeness (QED) is 0.667. The molecule has 156 valence electrons. The fourth-order valence-corrected chi connectivity index (χ4v) is 4.24. The Morgan fingerprint density at radius 3 is 2.70 bits per heavy atom. The molecule has 0 unspecified atom stereocenters. The van der Waals surface area contributed by atoms with Gasteiger partial charge in [0.05, 0.1) is 11.4 Å². The number of nitrogens with zero attached hydrogens (tertiary/aromatic N) is 7. The number of pyridine rings is 2. The third-order valence-electron chi connectivity index (χ3n) is 5.86. The second kappa shape index (κ2) is 8.74. The number of piperazine rings is 1. The van der Waals surface area contributed by atoms with Gasteiger partial charge >= 0.3 is 0 Å². The van der Waals surface area contributed by atoms with E-state index in [9.17, 15) is 0 Å². The van der Waals surface area contributed by atoms with Gasteiger partial charge in [-0.3, -0.25) is 0 Å². The summed E-state index contributed by atoms with van der Waals surface area (Å²) in [6.07, 6.45) is 9.83. The average Bonchev–Trinajstić information content (AvgIpc) is 3.35. The van der Waals surface area contributed by atoms with Crippen molar-refractivity contribution in [2.24, 2.45) is 0 Å². The van der Waals surface area contributed by atoms with Crippen LogP contribution >= 0.6 is 0 Å². The lowest BCUT2D eigenvalue weighted by molar-refractivity contribution is 0.462. The van der Waals surface area contributed by atoms with Crippen LogP contribution < -0.4 is 15.5 Å². The van der Waals surface area contributed by atoms with E-state index in [-0.39, 0.29) is 0 Å². The standard InChI is InChI=1S/C21H27N9/c1-2-4-17(5-3-1)25-20-12-16(6-7-23-20)19-13-18(30-15-24-27-28-30)14-21(26-19)29-10-8-22-9-11-29/h6-7,12-15,17,22H,1-5,8-11H2,(H,23,25). The first-order valence-electron chi connectivity index (χ1n) is 10.8. The van der Waals surface area contributed by atoms with Gasteiger partial charge in [0.2, 0.25) is 0 Å². The normalized spacial score (nSPS) is 17.8. The number of anilines is 2. The van der Waals surface area contributed by atoms with Crippen molar-refractivity contribution in [1.82, 2.24) is 35.5 Å². The lowest BCUT2D eigenvalue weighted by Gasteiger charge is -2.29. The smallest absolute Gasteiger partial charge is 0.143 e. The van der Waals surface area contributed by atoms with Crippen molar-refractivity contribution in [2.45, 2.75) is 38.1 Å². The van der Waals surface area contributed by atoms with Crippen molar-refractivity contribution >= 4 is 11.6 Å². The zero-order valence-corrected chi connectivity index (χ0v) is 17.0. The Kier molecular flexibility index (Phi) is 5.52. The van der Waals surface area contributed by atoms with Crippen LogP contribution in [0.3, 0.4) is 0 Å². The average molecular weight is 406 g/mol. The predicted molar refractivity (Wildman–Crippen MR) is 116 cm³/mol. The van der Waals surface area contributed by atoms with Gasteiger partial charge in [-0.25, -0.2) is 14.6 Å². The molecule has 0 amide bonds. The molecule has 2 aliphatic rings. The van der Waals surface area contributed by atoms with Crippen molar-refractivity contribution < 1.29 is 0 Å². The predicted octanol–water partition coefficient (Wildman–Crippen LogP) is 2.27. The molecule has 30 heavy (non-hydrogen) atoms. The molecule has 0 bridgehead atoms. The van der Waals surface area contributed by atoms with Crippen LogP contribution in [0.1, 0.15) is 32.1 Å². The molecule has 4 heterocycles. The van der Waals surface area contributed by atoms with Gasteiger partial charge in [0, 0.05) is 50.0 Å². The van der Waals surface area contributed by atoms with Crippen LogP contribution in [0.2, 0.25) is 0 Å². The Labute approximate surface area is 175 Å². The molecule has 5 rings (SSSR count). The molecule has 2 N–H and O–H groups in total. The molecule has 9 heteroatoms. The Hall–Kier alpha value is -3.07. The van der Waals surface area contributed by atoms with Gasteiger partial charge in [-0.2, -0.15) is 0 Å². The third-order valence-corrected chi connectivity index (χ3v) is 5.86. The number of aromatic nitrogens is 6. The number of rotatable bonds is 5. The number of hydrogen-bond donors (Lipinski definition) is 2. The highest BCUT2D eigenvalue weighted by atomic mass is 15.5. The van der Waals surface area contributed by atoms with Gasteiger partial charge in [-0.15, -0.1) is 5.10 Å². The van der Waals surface area contributed by atoms with Crippen LogP contribution in [-0.2, 0) is 0 Å². The molecule has 2 fully saturated rings. The zero-order chi connectivity index (χ0) is 20.2. The fraction of sp³-hybridized carbons (Fsp3) is 0.476. The van der Waals surface area contributed by atoms with Gasteiger partial charge < -0.3 is 15.5 Å². The van der Waals surface area contributed by atoms with Gasteiger partial charge in [0.1, 0.15) is 18.0 Å². The highest BCUT2D eigenvalue weighted by molar-refractivity contribution is 5.67. The second-order valence-electron chi connectivity index (χ2n) is 7.97. The molecule has 1 aliphatic carbocycles. The molecule has 1 saturated carbocycles. The summed E-state index contributed by atoms with van der Waals surface area (Å²) in [5, 5.41) is 18.7. The summed E-state index contributed by atoms with van der Waals surface area (Å²) in [5.74, 6) is 1.86. The fourth-order valence-electron chi connectivity index (χ4n) is 4.24. The second-order valence-corrected chi connectivity index (χ2v) is 7.97. The van der Waals surface area contributed by atoms with E-state index in [0.29, 0.717) is 6.04 Å². The summed E-state index contributed by atoms with van der Waals surface area (Å²) >= 11 is 0. The van der Waals surface area contributed by atoms with Gasteiger partial charge in [-0.1, -0.05) is 19.3 Å². The topological polar surface area (TPSA) is 96.7 Å². The molecular weight excluding hydrogens is 378 g/mol. The highest BCUT2D eigenvalue weighted by Gasteiger charge is 2.17. The molecule has 0 radical (unpaired) electrons. The molecule has 0 aromatic carbocycles. The van der Waals surface area contributed by atoms with E-state index < -0.39 is 0 Å². The Morgan fingerprint density at radius 1 is 1.03 bits per heavy atom. The van der Waals surface area contributed by atoms with E-state index >= 15 is 0 Å². The van der Waals surface area contributed by atoms with Crippen molar-refractivity contribution in [3.8, 4) is 16.9 Å². The summed E-state index contributed by atoms with van der Waals surface area (Å²) in [4.78, 5) is 11.8. The SMILES string of the molecule is c1cc(-c2cc(-n3cnnn3)cc(N3CCNCC3)n2)cc(NC2CCCCC2)n1. The minimum Gasteiger partial charge on any atom is -0.367 e. The lowest BCUT2D eigenvalue weighted by atomic mass is 9.95. The maximum Gasteiger partial charge on any atom is 0.143 e. The van der Waals surface area contributed by atoms with Crippen LogP contribution in [0.15, 0.2) is 36.8 Å². The Morgan fingerprint density at radius 2 is 1.90 bits per heavy atom. The minimum absolute atomic E-state index is 0.512. The first-order chi connectivity index (χ1) is 14.8. The van der Waals surface area contributed by atoms with Crippen molar-refractivity contribution in [3.05, 3.63) is 36.8 Å². The van der Waals surface area contributed by atoms with Crippen molar-refractivity contribution in [3.63, 3.8) is 0 Å². The molecule has 0 atom stereocenters. The van der Waals surface area contributed by atoms with Crippen molar-refractivity contribution in [2.75, 3.05) is 36.4 Å². The van der Waals surface area contributed by atoms with E-state index in [2.05, 4.69) is 42.1 Å². The molecule has 1 aliphatic heterocycles. The summed E-state index contributed by atoms with van der Waals surface area (Å²) in [5.41, 5.74) is 2.83. The summed E-state index contributed by atoms with van der Waals surface area (Å²) < 4.78 is 1.68. The van der Waals surface area contributed by atoms with Gasteiger partial charge in [-0.05, 0) is 41.5 Å². The van der Waals surface area contributed by atoms with E-state index in [0.717, 1.165) is 54.8 Å². The van der Waals surface area contributed by atoms with E-state index in [1.165, 1.54) is 32.1 Å². The largest absolute Gasteiger partial charge is 0.367 e. The molecule has 9 nitrogen and oxygen atoms in total. The highest BCUT2D eigenvalue weighted by Crippen LogP contribution is 2.27.